The summed E-state index contributed by atoms with van der Waals surface area (Å²) in [5, 5.41) is 16.2. The molecule has 3 rings (SSSR count). The van der Waals surface area contributed by atoms with E-state index >= 15 is 0 Å². The van der Waals surface area contributed by atoms with Crippen molar-refractivity contribution in [3.05, 3.63) is 60.3 Å². The monoisotopic (exact) mass is 388 g/mol. The average molecular weight is 388 g/mol. The number of halogens is 3. The van der Waals surface area contributed by atoms with Crippen LogP contribution in [0.4, 0.5) is 42.0 Å². The molecular weight excluding hydrogens is 373 g/mol. The molecule has 0 saturated carbocycles. The minimum atomic E-state index is -4.39. The van der Waals surface area contributed by atoms with Gasteiger partial charge in [0.2, 0.25) is 11.9 Å². The van der Waals surface area contributed by atoms with E-state index in [2.05, 4.69) is 31.1 Å². The lowest BCUT2D eigenvalue weighted by atomic mass is 10.2. The Bertz CT molecular complexity index is 958. The Morgan fingerprint density at radius 2 is 1.46 bits per heavy atom. The topological polar surface area (TPSA) is 91.8 Å². The fourth-order valence-electron chi connectivity index (χ4n) is 2.28. The van der Waals surface area contributed by atoms with Gasteiger partial charge in [-0.2, -0.15) is 23.3 Å². The molecule has 10 heteroatoms. The van der Waals surface area contributed by atoms with Crippen molar-refractivity contribution in [1.82, 2.24) is 15.2 Å². The molecule has 2 aromatic carbocycles. The predicted octanol–water partition coefficient (Wildman–Crippen LogP) is 4.34. The van der Waals surface area contributed by atoms with Gasteiger partial charge < -0.3 is 16.0 Å². The number of nitrogens with zero attached hydrogens (tertiary/aromatic N) is 3. The van der Waals surface area contributed by atoms with Gasteiger partial charge in [0.05, 0.1) is 11.8 Å². The average Bonchev–Trinajstić information content (AvgIpc) is 2.63. The van der Waals surface area contributed by atoms with Gasteiger partial charge >= 0.3 is 6.18 Å². The number of aromatic nitrogens is 3. The maximum Gasteiger partial charge on any atom is 0.416 e. The number of carbonyl (C=O) groups excluding carboxylic acids is 1. The number of hydrogen-bond acceptors (Lipinski definition) is 6. The fourth-order valence-corrected chi connectivity index (χ4v) is 2.28. The van der Waals surface area contributed by atoms with Crippen LogP contribution in [0.3, 0.4) is 0 Å². The Hall–Kier alpha value is -3.69. The Balaban J connectivity index is 1.67. The molecule has 0 fully saturated rings. The van der Waals surface area contributed by atoms with Gasteiger partial charge in [-0.15, -0.1) is 5.10 Å². The van der Waals surface area contributed by atoms with Crippen molar-refractivity contribution >= 4 is 34.7 Å². The molecule has 0 bridgehead atoms. The first-order valence-corrected chi connectivity index (χ1v) is 8.08. The molecule has 1 amide bonds. The lowest BCUT2D eigenvalue weighted by Crippen LogP contribution is -2.06. The van der Waals surface area contributed by atoms with Crippen LogP contribution in [0.15, 0.2) is 54.7 Å². The highest BCUT2D eigenvalue weighted by Gasteiger charge is 2.29. The lowest BCUT2D eigenvalue weighted by Gasteiger charge is -2.10. The first kappa shape index (κ1) is 19.1. The molecule has 1 heterocycles. The summed E-state index contributed by atoms with van der Waals surface area (Å²) >= 11 is 0. The number of nitrogens with one attached hydrogen (secondary N) is 3. The van der Waals surface area contributed by atoms with Gasteiger partial charge in [-0.05, 0) is 48.5 Å². The van der Waals surface area contributed by atoms with E-state index in [1.807, 2.05) is 0 Å². The second-order valence-corrected chi connectivity index (χ2v) is 5.75. The summed E-state index contributed by atoms with van der Waals surface area (Å²) in [5.41, 5.74) is 1.01. The molecule has 0 unspecified atom stereocenters. The Kier molecular flexibility index (Phi) is 5.39. The quantitative estimate of drug-likeness (QED) is 0.602. The fraction of sp³-hybridized carbons (Fsp3) is 0.111. The van der Waals surface area contributed by atoms with E-state index in [-0.39, 0.29) is 11.9 Å². The molecule has 7 nitrogen and oxygen atoms in total. The molecule has 0 spiro atoms. The molecule has 3 aromatic rings. The van der Waals surface area contributed by atoms with Crippen molar-refractivity contribution in [2.24, 2.45) is 0 Å². The number of alkyl halides is 3. The van der Waals surface area contributed by atoms with Crippen LogP contribution < -0.4 is 16.0 Å². The van der Waals surface area contributed by atoms with Gasteiger partial charge in [0, 0.05) is 24.0 Å². The van der Waals surface area contributed by atoms with Crippen molar-refractivity contribution in [3.63, 3.8) is 0 Å². The van der Waals surface area contributed by atoms with E-state index < -0.39 is 11.7 Å². The third-order valence-corrected chi connectivity index (χ3v) is 3.50. The van der Waals surface area contributed by atoms with E-state index in [1.165, 1.54) is 25.3 Å². The predicted molar refractivity (Wildman–Crippen MR) is 98.6 cm³/mol. The van der Waals surface area contributed by atoms with E-state index in [4.69, 9.17) is 0 Å². The highest BCUT2D eigenvalue weighted by Crippen LogP contribution is 2.30. The SMILES string of the molecule is CC(=O)Nc1ccc(Nc2nncc(Nc3ccc(C(F)(F)F)cc3)n2)cc1. The third-order valence-electron chi connectivity index (χ3n) is 3.50. The smallest absolute Gasteiger partial charge is 0.339 e. The van der Waals surface area contributed by atoms with Crippen molar-refractivity contribution in [2.75, 3.05) is 16.0 Å². The minimum absolute atomic E-state index is 0.171. The third kappa shape index (κ3) is 5.16. The zero-order valence-electron chi connectivity index (χ0n) is 14.6. The highest BCUT2D eigenvalue weighted by molar-refractivity contribution is 5.88. The summed E-state index contributed by atoms with van der Waals surface area (Å²) in [4.78, 5) is 15.2. The Morgan fingerprint density at radius 3 is 2.07 bits per heavy atom. The maximum atomic E-state index is 12.6. The van der Waals surface area contributed by atoms with Crippen LogP contribution in [0.1, 0.15) is 12.5 Å². The Morgan fingerprint density at radius 1 is 0.893 bits per heavy atom. The van der Waals surface area contributed by atoms with E-state index in [9.17, 15) is 18.0 Å². The summed E-state index contributed by atoms with van der Waals surface area (Å²) in [6, 6.07) is 11.4. The van der Waals surface area contributed by atoms with Crippen LogP contribution in [0.2, 0.25) is 0 Å². The maximum absolute atomic E-state index is 12.6. The number of rotatable bonds is 5. The van der Waals surface area contributed by atoms with Gasteiger partial charge in [-0.25, -0.2) is 0 Å². The van der Waals surface area contributed by atoms with Crippen LogP contribution in [-0.2, 0) is 11.0 Å². The first-order chi connectivity index (χ1) is 13.3. The van der Waals surface area contributed by atoms with Crippen LogP contribution in [0.25, 0.3) is 0 Å². The summed E-state index contributed by atoms with van der Waals surface area (Å²) in [6.45, 7) is 1.42. The van der Waals surface area contributed by atoms with Crippen LogP contribution in [0.5, 0.6) is 0 Å². The second-order valence-electron chi connectivity index (χ2n) is 5.75. The number of amides is 1. The normalized spacial score (nSPS) is 11.0. The van der Waals surface area contributed by atoms with Crippen molar-refractivity contribution < 1.29 is 18.0 Å². The van der Waals surface area contributed by atoms with Gasteiger partial charge in [-0.3, -0.25) is 4.79 Å². The molecular formula is C18H15F3N6O. The zero-order chi connectivity index (χ0) is 20.1. The molecule has 0 aliphatic rings. The molecule has 144 valence electrons. The molecule has 1 aromatic heterocycles. The number of anilines is 5. The largest absolute Gasteiger partial charge is 0.416 e. The van der Waals surface area contributed by atoms with Gasteiger partial charge in [0.15, 0.2) is 5.82 Å². The van der Waals surface area contributed by atoms with Crippen molar-refractivity contribution in [2.45, 2.75) is 13.1 Å². The standard InChI is InChI=1S/C18H15F3N6O/c1-11(28)23-13-6-8-15(9-7-13)25-17-26-16(10-22-27-17)24-14-4-2-12(3-5-14)18(19,20)21/h2-10H,1H3,(H,23,28)(H2,24,25,26,27). The molecule has 0 radical (unpaired) electrons. The van der Waals surface area contributed by atoms with Crippen LogP contribution in [-0.4, -0.2) is 21.1 Å². The summed E-state index contributed by atoms with van der Waals surface area (Å²) in [7, 11) is 0. The number of hydrogen-bond donors (Lipinski definition) is 3. The Labute approximate surface area is 158 Å². The van der Waals surface area contributed by atoms with Crippen molar-refractivity contribution in [1.29, 1.82) is 0 Å². The highest BCUT2D eigenvalue weighted by atomic mass is 19.4. The van der Waals surface area contributed by atoms with Crippen molar-refractivity contribution in [3.8, 4) is 0 Å². The summed E-state index contributed by atoms with van der Waals surface area (Å²) in [6.07, 6.45) is -3.04. The molecule has 0 saturated heterocycles. The van der Waals surface area contributed by atoms with Crippen LogP contribution >= 0.6 is 0 Å². The zero-order valence-corrected chi connectivity index (χ0v) is 14.6. The second kappa shape index (κ2) is 7.91. The molecule has 0 aliphatic carbocycles. The van der Waals surface area contributed by atoms with Crippen LogP contribution in [0, 0.1) is 0 Å². The molecule has 0 atom stereocenters. The first-order valence-electron chi connectivity index (χ1n) is 8.08. The molecule has 0 aliphatic heterocycles. The van der Waals surface area contributed by atoms with Gasteiger partial charge in [0.1, 0.15) is 0 Å². The van der Waals surface area contributed by atoms with Gasteiger partial charge in [0.25, 0.3) is 0 Å². The van der Waals surface area contributed by atoms with Gasteiger partial charge in [-0.1, -0.05) is 0 Å². The lowest BCUT2D eigenvalue weighted by molar-refractivity contribution is -0.137. The minimum Gasteiger partial charge on any atom is -0.339 e. The van der Waals surface area contributed by atoms with E-state index in [0.29, 0.717) is 22.9 Å². The number of benzene rings is 2. The molecule has 3 N–H and O–H groups in total. The van der Waals surface area contributed by atoms with E-state index in [0.717, 1.165) is 12.1 Å². The summed E-state index contributed by atoms with van der Waals surface area (Å²) in [5.74, 6) is 0.339. The molecule has 28 heavy (non-hydrogen) atoms. The number of carbonyl (C=O) groups is 1. The van der Waals surface area contributed by atoms with E-state index in [1.54, 1.807) is 24.3 Å². The summed E-state index contributed by atoms with van der Waals surface area (Å²) < 4.78 is 37.8.